The summed E-state index contributed by atoms with van der Waals surface area (Å²) in [5, 5.41) is 6.81. The van der Waals surface area contributed by atoms with Gasteiger partial charge in [-0.25, -0.2) is 4.39 Å². The molecule has 1 fully saturated rings. The second-order valence-corrected chi connectivity index (χ2v) is 7.35. The zero-order valence-corrected chi connectivity index (χ0v) is 19.9. The molecule has 1 aliphatic heterocycles. The Balaban J connectivity index is 0.00000320. The third kappa shape index (κ3) is 6.57. The largest absolute Gasteiger partial charge is 0.497 e. The van der Waals surface area contributed by atoms with Crippen molar-refractivity contribution >= 4 is 29.9 Å². The van der Waals surface area contributed by atoms with Crippen molar-refractivity contribution in [2.75, 3.05) is 40.5 Å². The number of halogens is 2. The molecule has 5 nitrogen and oxygen atoms in total. The van der Waals surface area contributed by atoms with Gasteiger partial charge in [0, 0.05) is 38.8 Å². The summed E-state index contributed by atoms with van der Waals surface area (Å²) in [4.78, 5) is 4.34. The first-order valence-electron chi connectivity index (χ1n) is 10.1. The SMILES string of the molecule is CN=C(NCCc1ccc(OC)cc1)NCC1(c2cccc(F)c2)CCOCC1.I. The van der Waals surface area contributed by atoms with Gasteiger partial charge in [-0.3, -0.25) is 4.99 Å². The Morgan fingerprint density at radius 2 is 1.87 bits per heavy atom. The summed E-state index contributed by atoms with van der Waals surface area (Å²) in [6.07, 6.45) is 2.59. The van der Waals surface area contributed by atoms with Crippen LogP contribution in [0, 0.1) is 5.82 Å². The molecule has 0 bridgehead atoms. The first kappa shape index (κ1) is 24.4. The van der Waals surface area contributed by atoms with Gasteiger partial charge in [0.15, 0.2) is 5.96 Å². The smallest absolute Gasteiger partial charge is 0.191 e. The number of guanidine groups is 1. The maximum Gasteiger partial charge on any atom is 0.191 e. The van der Waals surface area contributed by atoms with Crippen molar-refractivity contribution in [3.05, 3.63) is 65.5 Å². The Labute approximate surface area is 195 Å². The third-order valence-corrected chi connectivity index (χ3v) is 5.57. The fourth-order valence-electron chi connectivity index (χ4n) is 3.74. The zero-order valence-electron chi connectivity index (χ0n) is 17.6. The van der Waals surface area contributed by atoms with E-state index in [0.717, 1.165) is 43.1 Å². The van der Waals surface area contributed by atoms with E-state index >= 15 is 0 Å². The van der Waals surface area contributed by atoms with Gasteiger partial charge in [0.1, 0.15) is 11.6 Å². The van der Waals surface area contributed by atoms with E-state index in [1.165, 1.54) is 11.6 Å². The van der Waals surface area contributed by atoms with E-state index in [1.54, 1.807) is 26.3 Å². The molecule has 7 heteroatoms. The Bertz CT molecular complexity index is 808. The molecule has 2 aromatic rings. The predicted octanol–water partition coefficient (Wildman–Crippen LogP) is 3.91. The molecule has 0 aromatic heterocycles. The van der Waals surface area contributed by atoms with Gasteiger partial charge in [-0.1, -0.05) is 24.3 Å². The van der Waals surface area contributed by atoms with Gasteiger partial charge in [0.05, 0.1) is 7.11 Å². The van der Waals surface area contributed by atoms with Crippen LogP contribution in [0.15, 0.2) is 53.5 Å². The molecule has 1 heterocycles. The highest BCUT2D eigenvalue weighted by molar-refractivity contribution is 14.0. The minimum atomic E-state index is -0.199. The Morgan fingerprint density at radius 3 is 2.50 bits per heavy atom. The van der Waals surface area contributed by atoms with Gasteiger partial charge in [0.25, 0.3) is 0 Å². The van der Waals surface area contributed by atoms with Crippen molar-refractivity contribution < 1.29 is 13.9 Å². The van der Waals surface area contributed by atoms with Crippen LogP contribution < -0.4 is 15.4 Å². The van der Waals surface area contributed by atoms with Crippen molar-refractivity contribution in [3.63, 3.8) is 0 Å². The quantitative estimate of drug-likeness (QED) is 0.326. The number of hydrogen-bond donors (Lipinski definition) is 2. The lowest BCUT2D eigenvalue weighted by Crippen LogP contribution is -2.48. The van der Waals surface area contributed by atoms with Crippen LogP contribution >= 0.6 is 24.0 Å². The van der Waals surface area contributed by atoms with Crippen molar-refractivity contribution in [1.82, 2.24) is 10.6 Å². The topological polar surface area (TPSA) is 54.9 Å². The van der Waals surface area contributed by atoms with Crippen molar-refractivity contribution in [2.24, 2.45) is 4.99 Å². The van der Waals surface area contributed by atoms with E-state index in [9.17, 15) is 4.39 Å². The summed E-state index contributed by atoms with van der Waals surface area (Å²) < 4.78 is 24.6. The van der Waals surface area contributed by atoms with Gasteiger partial charge < -0.3 is 20.1 Å². The number of nitrogens with one attached hydrogen (secondary N) is 2. The molecule has 0 atom stereocenters. The minimum absolute atomic E-state index is 0. The zero-order chi connectivity index (χ0) is 20.5. The monoisotopic (exact) mass is 527 g/mol. The Morgan fingerprint density at radius 1 is 1.13 bits per heavy atom. The Hall–Kier alpha value is -1.87. The van der Waals surface area contributed by atoms with Crippen LogP contribution in [0.1, 0.15) is 24.0 Å². The second kappa shape index (κ2) is 12.1. The molecular weight excluding hydrogens is 496 g/mol. The summed E-state index contributed by atoms with van der Waals surface area (Å²) in [6, 6.07) is 15.0. The second-order valence-electron chi connectivity index (χ2n) is 7.35. The van der Waals surface area contributed by atoms with Gasteiger partial charge in [-0.2, -0.15) is 0 Å². The summed E-state index contributed by atoms with van der Waals surface area (Å²) in [7, 11) is 3.43. The van der Waals surface area contributed by atoms with E-state index in [4.69, 9.17) is 9.47 Å². The predicted molar refractivity (Wildman–Crippen MR) is 130 cm³/mol. The first-order chi connectivity index (χ1) is 14.1. The van der Waals surface area contributed by atoms with Crippen LogP contribution in [-0.4, -0.2) is 46.4 Å². The molecule has 2 N–H and O–H groups in total. The van der Waals surface area contributed by atoms with Crippen LogP contribution in [-0.2, 0) is 16.6 Å². The maximum atomic E-state index is 13.8. The van der Waals surface area contributed by atoms with Gasteiger partial charge in [0.2, 0.25) is 0 Å². The van der Waals surface area contributed by atoms with E-state index in [2.05, 4.69) is 27.8 Å². The number of hydrogen-bond acceptors (Lipinski definition) is 3. The third-order valence-electron chi connectivity index (χ3n) is 5.57. The number of nitrogens with zero attached hydrogens (tertiary/aromatic N) is 1. The summed E-state index contributed by atoms with van der Waals surface area (Å²) >= 11 is 0. The molecule has 0 spiro atoms. The van der Waals surface area contributed by atoms with E-state index in [1.807, 2.05) is 18.2 Å². The summed E-state index contributed by atoms with van der Waals surface area (Å²) in [5.41, 5.74) is 2.09. The molecule has 3 rings (SSSR count). The molecule has 0 saturated carbocycles. The molecule has 1 saturated heterocycles. The molecule has 164 valence electrons. The number of rotatable bonds is 7. The van der Waals surface area contributed by atoms with Crippen LogP contribution in [0.4, 0.5) is 4.39 Å². The van der Waals surface area contributed by atoms with E-state index < -0.39 is 0 Å². The highest BCUT2D eigenvalue weighted by Gasteiger charge is 2.34. The van der Waals surface area contributed by atoms with Crippen LogP contribution in [0.2, 0.25) is 0 Å². The van der Waals surface area contributed by atoms with Crippen molar-refractivity contribution in [2.45, 2.75) is 24.7 Å². The van der Waals surface area contributed by atoms with Crippen LogP contribution in [0.5, 0.6) is 5.75 Å². The van der Waals surface area contributed by atoms with Gasteiger partial charge in [-0.15, -0.1) is 24.0 Å². The lowest BCUT2D eigenvalue weighted by molar-refractivity contribution is 0.0513. The summed E-state index contributed by atoms with van der Waals surface area (Å²) in [6.45, 7) is 2.81. The number of aliphatic imine (C=N–C) groups is 1. The van der Waals surface area contributed by atoms with E-state index in [-0.39, 0.29) is 35.2 Å². The molecule has 1 aliphatic rings. The van der Waals surface area contributed by atoms with E-state index in [0.29, 0.717) is 19.8 Å². The average molecular weight is 527 g/mol. The van der Waals surface area contributed by atoms with Crippen molar-refractivity contribution in [1.29, 1.82) is 0 Å². The fourth-order valence-corrected chi connectivity index (χ4v) is 3.74. The number of ether oxygens (including phenoxy) is 2. The lowest BCUT2D eigenvalue weighted by atomic mass is 9.74. The molecule has 2 aromatic carbocycles. The van der Waals surface area contributed by atoms with Gasteiger partial charge in [-0.05, 0) is 54.7 Å². The van der Waals surface area contributed by atoms with Crippen LogP contribution in [0.3, 0.4) is 0 Å². The molecule has 0 aliphatic carbocycles. The molecular formula is C23H31FIN3O2. The minimum Gasteiger partial charge on any atom is -0.497 e. The number of methoxy groups -OCH3 is 1. The van der Waals surface area contributed by atoms with Crippen molar-refractivity contribution in [3.8, 4) is 5.75 Å². The lowest BCUT2D eigenvalue weighted by Gasteiger charge is -2.38. The molecule has 0 amide bonds. The standard InChI is InChI=1S/C23H30FN3O2.HI/c1-25-22(26-13-10-18-6-8-21(28-2)9-7-18)27-17-23(11-14-29-15-12-23)19-4-3-5-20(24)16-19;/h3-9,16H,10-15,17H2,1-2H3,(H2,25,26,27);1H. The molecule has 0 unspecified atom stereocenters. The maximum absolute atomic E-state index is 13.8. The first-order valence-corrected chi connectivity index (χ1v) is 10.1. The Kier molecular flexibility index (Phi) is 9.84. The molecule has 0 radical (unpaired) electrons. The average Bonchev–Trinajstić information content (AvgIpc) is 2.77. The van der Waals surface area contributed by atoms with Gasteiger partial charge >= 0.3 is 0 Å². The molecule has 30 heavy (non-hydrogen) atoms. The van der Waals surface area contributed by atoms with Crippen LogP contribution in [0.25, 0.3) is 0 Å². The normalized spacial score (nSPS) is 15.8. The highest BCUT2D eigenvalue weighted by Crippen LogP contribution is 2.34. The number of benzene rings is 2. The highest BCUT2D eigenvalue weighted by atomic mass is 127. The fraction of sp³-hybridized carbons (Fsp3) is 0.435. The summed E-state index contributed by atoms with van der Waals surface area (Å²) in [5.74, 6) is 1.41.